The summed E-state index contributed by atoms with van der Waals surface area (Å²) in [5.74, 6) is -0.696. The second kappa shape index (κ2) is 9.41. The van der Waals surface area contributed by atoms with Crippen LogP contribution in [0.15, 0.2) is 48.6 Å². The number of methoxy groups -OCH3 is 1. The van der Waals surface area contributed by atoms with Crippen molar-refractivity contribution in [2.45, 2.75) is 19.8 Å². The number of nitrogens with one attached hydrogen (secondary N) is 1. The highest BCUT2D eigenvalue weighted by Gasteiger charge is 2.23. The Labute approximate surface area is 164 Å². The van der Waals surface area contributed by atoms with E-state index in [1.165, 1.54) is 7.11 Å². The van der Waals surface area contributed by atoms with Crippen LogP contribution >= 0.6 is 0 Å². The van der Waals surface area contributed by atoms with Crippen LogP contribution in [0.25, 0.3) is 12.2 Å². The first-order valence-electron chi connectivity index (χ1n) is 8.74. The molecule has 2 aromatic carbocycles. The maximum atomic E-state index is 12.0. The second-order valence-corrected chi connectivity index (χ2v) is 6.39. The Morgan fingerprint density at radius 3 is 2.46 bits per heavy atom. The van der Waals surface area contributed by atoms with Crippen LogP contribution < -0.4 is 15.8 Å². The number of amides is 2. The summed E-state index contributed by atoms with van der Waals surface area (Å²) in [6.07, 6.45) is 4.54. The zero-order valence-corrected chi connectivity index (χ0v) is 16.0. The molecule has 2 amide bonds. The summed E-state index contributed by atoms with van der Waals surface area (Å²) in [6, 6.07) is 10.3. The molecule has 28 heavy (non-hydrogen) atoms. The summed E-state index contributed by atoms with van der Waals surface area (Å²) in [4.78, 5) is 23.6. The van der Waals surface area contributed by atoms with Crippen LogP contribution in [-0.4, -0.2) is 24.2 Å². The van der Waals surface area contributed by atoms with Gasteiger partial charge in [-0.25, -0.2) is 9.59 Å². The minimum absolute atomic E-state index is 0.0384. The van der Waals surface area contributed by atoms with Crippen molar-refractivity contribution >= 4 is 29.8 Å². The van der Waals surface area contributed by atoms with Gasteiger partial charge in [-0.2, -0.15) is 0 Å². The van der Waals surface area contributed by atoms with Gasteiger partial charge in [-0.3, -0.25) is 0 Å². The number of carbonyl (C=O) groups excluding carboxylic acids is 1. The van der Waals surface area contributed by atoms with E-state index in [1.54, 1.807) is 18.2 Å². The number of carboxylic acid groups (broad SMARTS) is 1. The Morgan fingerprint density at radius 2 is 1.93 bits per heavy atom. The first-order chi connectivity index (χ1) is 13.3. The smallest absolute Gasteiger partial charge is 0.338 e. The van der Waals surface area contributed by atoms with Gasteiger partial charge in [0, 0.05) is 5.56 Å². The van der Waals surface area contributed by atoms with E-state index in [9.17, 15) is 14.7 Å². The molecule has 0 saturated heterocycles. The van der Waals surface area contributed by atoms with Gasteiger partial charge in [0.05, 0.1) is 18.4 Å². The Morgan fingerprint density at radius 1 is 1.25 bits per heavy atom. The number of anilines is 1. The van der Waals surface area contributed by atoms with E-state index in [0.717, 1.165) is 11.1 Å². The molecular weight excluding hydrogens is 356 g/mol. The zero-order chi connectivity index (χ0) is 20.7. The highest BCUT2D eigenvalue weighted by Crippen LogP contribution is 2.36. The van der Waals surface area contributed by atoms with Gasteiger partial charge < -0.3 is 20.9 Å². The molecule has 0 aliphatic heterocycles. The number of aromatic carboxylic acids is 1. The predicted octanol–water partition coefficient (Wildman–Crippen LogP) is 4.56. The molecule has 0 fully saturated rings. The predicted molar refractivity (Wildman–Crippen MR) is 112 cm³/mol. The van der Waals surface area contributed by atoms with Crippen molar-refractivity contribution < 1.29 is 19.4 Å². The molecule has 6 heteroatoms. The quantitative estimate of drug-likeness (QED) is 0.461. The largest absolute Gasteiger partial charge is 0.496 e. The van der Waals surface area contributed by atoms with Gasteiger partial charge in [-0.05, 0) is 37.0 Å². The van der Waals surface area contributed by atoms with Gasteiger partial charge in [-0.1, -0.05) is 48.1 Å². The molecule has 2 aromatic rings. The zero-order valence-electron chi connectivity index (χ0n) is 16.0. The molecule has 0 spiro atoms. The lowest BCUT2D eigenvalue weighted by Crippen LogP contribution is -2.23. The average Bonchev–Trinajstić information content (AvgIpc) is 2.64. The van der Waals surface area contributed by atoms with Crippen LogP contribution in [0, 0.1) is 0 Å². The van der Waals surface area contributed by atoms with Crippen molar-refractivity contribution in [3.8, 4) is 5.75 Å². The number of primary amides is 1. The van der Waals surface area contributed by atoms with Crippen LogP contribution in [0.1, 0.15) is 40.4 Å². The first-order valence-corrected chi connectivity index (χ1v) is 8.74. The van der Waals surface area contributed by atoms with Crippen molar-refractivity contribution in [2.75, 3.05) is 12.4 Å². The summed E-state index contributed by atoms with van der Waals surface area (Å²) >= 11 is 0. The summed E-state index contributed by atoms with van der Waals surface area (Å²) in [7, 11) is 1.50. The molecule has 0 saturated carbocycles. The van der Waals surface area contributed by atoms with E-state index in [-0.39, 0.29) is 11.3 Å². The average molecular weight is 380 g/mol. The fraction of sp³-hybridized carbons (Fsp3) is 0.182. The number of rotatable bonds is 8. The number of nitrogens with two attached hydrogens (primary N) is 1. The molecule has 146 valence electrons. The van der Waals surface area contributed by atoms with Gasteiger partial charge in [0.1, 0.15) is 5.75 Å². The summed E-state index contributed by atoms with van der Waals surface area (Å²) < 4.78 is 5.48. The second-order valence-electron chi connectivity index (χ2n) is 6.39. The van der Waals surface area contributed by atoms with Crippen molar-refractivity contribution in [1.82, 2.24) is 0 Å². The standard InChI is InChI=1S/C22H24N2O4/c1-14(2)9-12-17-18(28-3)13-16(11-10-15-7-5-4-6-8-15)19(21(25)26)20(17)24-22(23)27/h4-8,10-11,13H,1,9,12H2,2-3H3,(H,25,26)(H3,23,24,27)/b11-10+. The maximum Gasteiger partial charge on any atom is 0.338 e. The van der Waals surface area contributed by atoms with Crippen LogP contribution in [0.3, 0.4) is 0 Å². The number of carboxylic acids is 1. The van der Waals surface area contributed by atoms with Gasteiger partial charge in [0.2, 0.25) is 0 Å². The molecule has 0 bridgehead atoms. The summed E-state index contributed by atoms with van der Waals surface area (Å²) in [6.45, 7) is 5.75. The normalized spacial score (nSPS) is 10.6. The molecule has 0 aliphatic carbocycles. The molecule has 0 unspecified atom stereocenters. The monoisotopic (exact) mass is 380 g/mol. The molecule has 0 heterocycles. The van der Waals surface area contributed by atoms with E-state index >= 15 is 0 Å². The minimum atomic E-state index is -1.17. The fourth-order valence-electron chi connectivity index (χ4n) is 2.86. The van der Waals surface area contributed by atoms with Crippen LogP contribution in [-0.2, 0) is 6.42 Å². The van der Waals surface area contributed by atoms with E-state index in [0.29, 0.717) is 29.7 Å². The third-order valence-electron chi connectivity index (χ3n) is 4.16. The number of hydrogen-bond acceptors (Lipinski definition) is 3. The molecule has 0 radical (unpaired) electrons. The molecular formula is C22H24N2O4. The van der Waals surface area contributed by atoms with E-state index in [1.807, 2.05) is 37.3 Å². The molecule has 2 rings (SSSR count). The Bertz CT molecular complexity index is 918. The third-order valence-corrected chi connectivity index (χ3v) is 4.16. The van der Waals surface area contributed by atoms with Gasteiger partial charge in [-0.15, -0.1) is 6.58 Å². The number of benzene rings is 2. The number of allylic oxidation sites excluding steroid dienone is 1. The van der Waals surface area contributed by atoms with Gasteiger partial charge in [0.25, 0.3) is 0 Å². The molecule has 0 aromatic heterocycles. The van der Waals surface area contributed by atoms with Gasteiger partial charge >= 0.3 is 12.0 Å². The number of ether oxygens (including phenoxy) is 1. The third kappa shape index (κ3) is 5.23. The highest BCUT2D eigenvalue weighted by molar-refractivity contribution is 6.04. The topological polar surface area (TPSA) is 102 Å². The van der Waals surface area contributed by atoms with Crippen LogP contribution in [0.2, 0.25) is 0 Å². The highest BCUT2D eigenvalue weighted by atomic mass is 16.5. The van der Waals surface area contributed by atoms with Crippen molar-refractivity contribution in [3.63, 3.8) is 0 Å². The van der Waals surface area contributed by atoms with E-state index in [2.05, 4.69) is 11.9 Å². The van der Waals surface area contributed by atoms with Crippen molar-refractivity contribution in [1.29, 1.82) is 0 Å². The fourth-order valence-corrected chi connectivity index (χ4v) is 2.86. The Balaban J connectivity index is 2.67. The maximum absolute atomic E-state index is 12.0. The van der Waals surface area contributed by atoms with Gasteiger partial charge in [0.15, 0.2) is 0 Å². The molecule has 4 N–H and O–H groups in total. The Hall–Kier alpha value is -3.54. The van der Waals surface area contributed by atoms with Crippen LogP contribution in [0.5, 0.6) is 5.75 Å². The molecule has 6 nitrogen and oxygen atoms in total. The number of carbonyl (C=O) groups is 2. The lowest BCUT2D eigenvalue weighted by Gasteiger charge is -2.19. The number of hydrogen-bond donors (Lipinski definition) is 3. The first kappa shape index (κ1) is 20.8. The molecule has 0 aliphatic rings. The van der Waals surface area contributed by atoms with Crippen LogP contribution in [0.4, 0.5) is 10.5 Å². The van der Waals surface area contributed by atoms with Crippen molar-refractivity contribution in [2.24, 2.45) is 5.73 Å². The summed E-state index contributed by atoms with van der Waals surface area (Å²) in [5.41, 5.74) is 8.22. The summed E-state index contributed by atoms with van der Waals surface area (Å²) in [5, 5.41) is 12.3. The van der Waals surface area contributed by atoms with E-state index < -0.39 is 12.0 Å². The minimum Gasteiger partial charge on any atom is -0.496 e. The molecule has 0 atom stereocenters. The SMILES string of the molecule is C=C(C)CCc1c(OC)cc(/C=C/c2ccccc2)c(C(=O)O)c1NC(N)=O. The lowest BCUT2D eigenvalue weighted by atomic mass is 9.94. The van der Waals surface area contributed by atoms with E-state index in [4.69, 9.17) is 10.5 Å². The Kier molecular flexibility index (Phi) is 6.98. The lowest BCUT2D eigenvalue weighted by molar-refractivity contribution is 0.0697. The van der Waals surface area contributed by atoms with Crippen molar-refractivity contribution in [3.05, 3.63) is 70.8 Å². The number of urea groups is 1.